The minimum Gasteiger partial charge on any atom is -0.459 e. The molecule has 0 aromatic heterocycles. The molecule has 0 bridgehead atoms. The van der Waals surface area contributed by atoms with Crippen LogP contribution in [-0.4, -0.2) is 185 Å². The molecule has 1 N–H and O–H groups in total. The largest absolute Gasteiger partial charge is 0.459 e. The summed E-state index contributed by atoms with van der Waals surface area (Å²) in [4.78, 5) is 150. The molecular formula is C91H78N4O26. The number of hydrogen-bond acceptors (Lipinski definition) is 27. The lowest BCUT2D eigenvalue weighted by Gasteiger charge is -2.50. The van der Waals surface area contributed by atoms with Gasteiger partial charge in [-0.25, -0.2) is 47.9 Å². The maximum Gasteiger partial charge on any atom is 0.407 e. The van der Waals surface area contributed by atoms with Crippen molar-refractivity contribution < 1.29 is 124 Å². The highest BCUT2D eigenvalue weighted by Crippen LogP contribution is 2.40. The molecule has 1 amide bonds. The fourth-order valence-corrected chi connectivity index (χ4v) is 13.2. The average Bonchev–Trinajstić information content (AvgIpc) is 0.753. The Morgan fingerprint density at radius 2 is 0.570 bits per heavy atom. The highest BCUT2D eigenvalue weighted by molar-refractivity contribution is 5.94. The number of benzene rings is 10. The van der Waals surface area contributed by atoms with Gasteiger partial charge in [0.1, 0.15) is 63.0 Å². The molecule has 121 heavy (non-hydrogen) atoms. The van der Waals surface area contributed by atoms with E-state index in [0.717, 1.165) is 0 Å². The molecule has 10 aromatic rings. The number of alkyl carbamates (subject to hydrolysis) is 1. The molecule has 3 aliphatic heterocycles. The van der Waals surface area contributed by atoms with Crippen LogP contribution in [0.15, 0.2) is 308 Å². The van der Waals surface area contributed by atoms with Gasteiger partial charge in [-0.1, -0.05) is 199 Å². The van der Waals surface area contributed by atoms with Crippen LogP contribution in [0.25, 0.3) is 10.4 Å². The molecule has 13 rings (SSSR count). The Hall–Kier alpha value is -14.2. The van der Waals surface area contributed by atoms with Crippen molar-refractivity contribution in [2.24, 2.45) is 5.11 Å². The number of ether oxygens (including phenoxy) is 16. The van der Waals surface area contributed by atoms with Gasteiger partial charge in [0.25, 0.3) is 0 Å². The highest BCUT2D eigenvalue weighted by Gasteiger charge is 2.61. The Labute approximate surface area is 691 Å². The maximum absolute atomic E-state index is 15.6. The minimum atomic E-state index is -2.39. The van der Waals surface area contributed by atoms with E-state index in [1.807, 2.05) is 0 Å². The van der Waals surface area contributed by atoms with Crippen LogP contribution in [0.3, 0.4) is 0 Å². The van der Waals surface area contributed by atoms with Crippen LogP contribution in [0.4, 0.5) is 4.79 Å². The molecule has 0 saturated carbocycles. The summed E-state index contributed by atoms with van der Waals surface area (Å²) >= 11 is 0. The van der Waals surface area contributed by atoms with Gasteiger partial charge >= 0.3 is 59.8 Å². The summed E-state index contributed by atoms with van der Waals surface area (Å²) in [6, 6.07) is 74.5. The van der Waals surface area contributed by atoms with Crippen molar-refractivity contribution in [2.45, 2.75) is 98.7 Å². The van der Waals surface area contributed by atoms with Gasteiger partial charge in [-0.05, 0) is 120 Å². The van der Waals surface area contributed by atoms with Crippen molar-refractivity contribution in [3.05, 3.63) is 369 Å². The number of carbonyl (C=O) groups excluding carboxylic acids is 10. The van der Waals surface area contributed by atoms with E-state index in [1.165, 1.54) is 170 Å². The zero-order valence-electron chi connectivity index (χ0n) is 64.2. The molecule has 0 unspecified atom stereocenters. The van der Waals surface area contributed by atoms with Crippen LogP contribution in [0.1, 0.15) is 98.8 Å². The second-order valence-electron chi connectivity index (χ2n) is 27.2. The maximum atomic E-state index is 15.6. The van der Waals surface area contributed by atoms with Crippen LogP contribution in [0.5, 0.6) is 0 Å². The van der Waals surface area contributed by atoms with Crippen molar-refractivity contribution in [1.82, 2.24) is 5.32 Å². The minimum absolute atomic E-state index is 0.00303. The van der Waals surface area contributed by atoms with E-state index in [0.29, 0.717) is 5.56 Å². The first kappa shape index (κ1) is 84.7. The van der Waals surface area contributed by atoms with E-state index in [-0.39, 0.29) is 63.2 Å². The predicted molar refractivity (Wildman–Crippen MR) is 423 cm³/mol. The third-order valence-corrected chi connectivity index (χ3v) is 19.1. The quantitative estimate of drug-likeness (QED) is 0.0102. The van der Waals surface area contributed by atoms with Gasteiger partial charge in [0, 0.05) is 11.5 Å². The highest BCUT2D eigenvalue weighted by atomic mass is 16.8. The first-order valence-corrected chi connectivity index (χ1v) is 38.2. The fourth-order valence-electron chi connectivity index (χ4n) is 13.2. The fraction of sp³-hybridized carbons (Fsp3) is 0.231. The van der Waals surface area contributed by atoms with E-state index >= 15 is 19.2 Å². The molecular weight excluding hydrogens is 1570 g/mol. The summed E-state index contributed by atoms with van der Waals surface area (Å²) in [5.74, 6) is -9.67. The summed E-state index contributed by atoms with van der Waals surface area (Å²) in [5.41, 5.74) is 10.7. The van der Waals surface area contributed by atoms with E-state index in [9.17, 15) is 34.3 Å². The standard InChI is InChI=1S/C91H78N4O26/c92-95-94-70-67(54-107-79(96)58-33-13-2-14-34-58)111-89(76(117-85(102)64-45-25-8-26-46-64)73(70)115-83(100)62-41-21-6-22-42-62)121-75-71(114-82(99)61-39-19-5-20-40-61)68(55-108-80(97)59-35-15-3-16-36-59)113-90(78(75)119-87(104)66-49-29-10-30-50-66)120-72-69(56-109-81(98)60-37-17-4-18-38-60)112-88(106-52-51-93-91(105)110-53-57-31-11-1-12-32-57)77(118-86(103)65-47-27-9-28-48-65)74(72)116-84(101)63-43-23-7-24-44-63/h1-50,67-78,88-90H,51-56H2,(H,93,105)/t67-,68-,69-,70-,71+,72-,73+,74+,75+,76-,77-,78-,88-,89+,90+/m1/s1. The number of nitrogens with zero attached hydrogens (tertiary/aromatic N) is 3. The summed E-state index contributed by atoms with van der Waals surface area (Å²) in [6.45, 7) is -3.64. The molecule has 3 aliphatic rings. The van der Waals surface area contributed by atoms with Gasteiger partial charge in [0.2, 0.25) is 0 Å². The number of azide groups is 1. The molecule has 618 valence electrons. The lowest BCUT2D eigenvalue weighted by Crippen LogP contribution is -2.69. The van der Waals surface area contributed by atoms with E-state index < -0.39 is 178 Å². The van der Waals surface area contributed by atoms with Crippen molar-refractivity contribution in [1.29, 1.82) is 0 Å². The first-order valence-electron chi connectivity index (χ1n) is 38.2. The summed E-state index contributed by atoms with van der Waals surface area (Å²) in [7, 11) is 0. The molecule has 0 radical (unpaired) electrons. The monoisotopic (exact) mass is 1640 g/mol. The number of amides is 1. The summed E-state index contributed by atoms with van der Waals surface area (Å²) in [6.07, 6.45) is -30.5. The van der Waals surface area contributed by atoms with Crippen molar-refractivity contribution in [2.75, 3.05) is 33.0 Å². The Bertz CT molecular complexity index is 5170. The second-order valence-corrected chi connectivity index (χ2v) is 27.2. The SMILES string of the molecule is [N-]=[N+]=N[C@H]1[C@H](OC(=O)c2ccccc2)[C@@H](OC(=O)c2ccccc2)[C@H](O[C@H]2[C@@H](OC(=O)c3ccccc3)[C@@H](COC(=O)c3ccccc3)O[C@@H](O[C@H]3[C@H](OC(=O)c4ccccc4)[C@@H](OC(=O)c4ccccc4)[C@H](OCCNC(=O)OCc4ccccc4)O[C@@H]3COC(=O)c3ccccc3)[C@@H]2OC(=O)c2ccccc2)O[C@@H]1COC(=O)c1ccccc1. The Morgan fingerprint density at radius 1 is 0.298 bits per heavy atom. The first-order chi connectivity index (χ1) is 59.1. The molecule has 30 heteroatoms. The molecule has 30 nitrogen and oxygen atoms in total. The number of rotatable bonds is 32. The molecule has 3 fully saturated rings. The van der Waals surface area contributed by atoms with Gasteiger partial charge in [0.15, 0.2) is 55.5 Å². The predicted octanol–water partition coefficient (Wildman–Crippen LogP) is 12.5. The topological polar surface area (TPSA) is 379 Å². The normalized spacial score (nSPS) is 22.2. The van der Waals surface area contributed by atoms with Gasteiger partial charge < -0.3 is 81.1 Å². The third kappa shape index (κ3) is 22.7. The second kappa shape index (κ2) is 42.2. The number of carbonyl (C=O) groups is 10. The van der Waals surface area contributed by atoms with Gasteiger partial charge in [-0.3, -0.25) is 0 Å². The molecule has 15 atom stereocenters. The average molecular weight is 1640 g/mol. The van der Waals surface area contributed by atoms with Crippen molar-refractivity contribution in [3.63, 3.8) is 0 Å². The van der Waals surface area contributed by atoms with E-state index in [1.54, 1.807) is 133 Å². The molecule has 0 spiro atoms. The molecule has 10 aromatic carbocycles. The number of hydrogen-bond donors (Lipinski definition) is 1. The lowest BCUT2D eigenvalue weighted by atomic mass is 9.94. The van der Waals surface area contributed by atoms with Crippen LogP contribution >= 0.6 is 0 Å². The third-order valence-electron chi connectivity index (χ3n) is 19.1. The van der Waals surface area contributed by atoms with Crippen LogP contribution in [0, 0.1) is 0 Å². The Kier molecular flexibility index (Phi) is 29.6. The summed E-state index contributed by atoms with van der Waals surface area (Å²) < 4.78 is 104. The van der Waals surface area contributed by atoms with E-state index in [2.05, 4.69) is 15.3 Å². The zero-order valence-corrected chi connectivity index (χ0v) is 64.2. The lowest BCUT2D eigenvalue weighted by molar-refractivity contribution is -0.374. The van der Waals surface area contributed by atoms with Crippen LogP contribution in [0.2, 0.25) is 0 Å². The number of nitrogens with one attached hydrogen (secondary N) is 1. The summed E-state index contributed by atoms with van der Waals surface area (Å²) in [5, 5.41) is 6.65. The zero-order chi connectivity index (χ0) is 84.2. The smallest absolute Gasteiger partial charge is 0.407 e. The number of esters is 9. The Morgan fingerprint density at radius 3 is 0.934 bits per heavy atom. The molecule has 3 heterocycles. The van der Waals surface area contributed by atoms with Crippen molar-refractivity contribution in [3.8, 4) is 0 Å². The molecule has 3 saturated heterocycles. The van der Waals surface area contributed by atoms with Gasteiger partial charge in [-0.2, -0.15) is 0 Å². The van der Waals surface area contributed by atoms with E-state index in [4.69, 9.17) is 75.8 Å². The van der Waals surface area contributed by atoms with Crippen LogP contribution in [-0.2, 0) is 82.4 Å². The Balaban J connectivity index is 0.998. The molecule has 0 aliphatic carbocycles. The van der Waals surface area contributed by atoms with Crippen LogP contribution < -0.4 is 5.32 Å². The van der Waals surface area contributed by atoms with Gasteiger partial charge in [-0.15, -0.1) is 0 Å². The van der Waals surface area contributed by atoms with Crippen molar-refractivity contribution >= 4 is 59.8 Å². The van der Waals surface area contributed by atoms with Gasteiger partial charge in [0.05, 0.1) is 56.7 Å².